The molecule has 2 aromatic carbocycles. The number of rotatable bonds is 6. The van der Waals surface area contributed by atoms with Crippen molar-refractivity contribution < 1.29 is 24.1 Å². The summed E-state index contributed by atoms with van der Waals surface area (Å²) in [6.45, 7) is -0.525. The average molecular weight is 370 g/mol. The highest BCUT2D eigenvalue weighted by molar-refractivity contribution is 5.81. The van der Waals surface area contributed by atoms with Crippen LogP contribution in [0.3, 0.4) is 0 Å². The number of carboxylic acids is 1. The summed E-state index contributed by atoms with van der Waals surface area (Å²) in [6.07, 6.45) is 0. The van der Waals surface area contributed by atoms with E-state index in [0.717, 1.165) is 4.57 Å². The molecule has 1 heterocycles. The van der Waals surface area contributed by atoms with Crippen molar-refractivity contribution in [2.75, 3.05) is 21.3 Å². The molecule has 1 N–H and O–H groups in total. The van der Waals surface area contributed by atoms with Crippen LogP contribution in [-0.4, -0.2) is 42.0 Å². The highest BCUT2D eigenvalue weighted by atomic mass is 16.5. The Balaban J connectivity index is 2.36. The number of carboxylic acid groups (broad SMARTS) is 1. The van der Waals surface area contributed by atoms with E-state index in [4.69, 9.17) is 14.2 Å². The van der Waals surface area contributed by atoms with Crippen LogP contribution in [-0.2, 0) is 11.3 Å². The standard InChI is InChI=1S/C19H18N2O6/c1-25-14-8-11(9-15(26-2)17(14)27-3)18-20-13-7-5-4-6-12(13)19(24)21(18)10-16(22)23/h4-9H,10H2,1-3H3,(H,22,23). The molecule has 0 radical (unpaired) electrons. The van der Waals surface area contributed by atoms with Gasteiger partial charge < -0.3 is 19.3 Å². The molecule has 0 atom stereocenters. The van der Waals surface area contributed by atoms with Gasteiger partial charge in [0.05, 0.1) is 32.2 Å². The Kier molecular flexibility index (Phi) is 4.98. The second-order valence-electron chi connectivity index (χ2n) is 5.65. The van der Waals surface area contributed by atoms with Gasteiger partial charge in [-0.05, 0) is 24.3 Å². The van der Waals surface area contributed by atoms with Gasteiger partial charge in [-0.2, -0.15) is 0 Å². The van der Waals surface area contributed by atoms with Crippen molar-refractivity contribution in [2.24, 2.45) is 0 Å². The van der Waals surface area contributed by atoms with Crippen molar-refractivity contribution in [1.82, 2.24) is 9.55 Å². The summed E-state index contributed by atoms with van der Waals surface area (Å²) >= 11 is 0. The maximum atomic E-state index is 12.9. The van der Waals surface area contributed by atoms with Gasteiger partial charge >= 0.3 is 5.97 Å². The summed E-state index contributed by atoms with van der Waals surface area (Å²) in [4.78, 5) is 28.7. The molecule has 0 aliphatic heterocycles. The molecule has 0 saturated heterocycles. The first kappa shape index (κ1) is 18.2. The van der Waals surface area contributed by atoms with Crippen molar-refractivity contribution in [2.45, 2.75) is 6.54 Å². The van der Waals surface area contributed by atoms with Gasteiger partial charge in [0.25, 0.3) is 5.56 Å². The van der Waals surface area contributed by atoms with E-state index in [2.05, 4.69) is 4.98 Å². The van der Waals surface area contributed by atoms with Crippen molar-refractivity contribution in [3.63, 3.8) is 0 Å². The molecule has 0 saturated carbocycles. The number of hydrogen-bond donors (Lipinski definition) is 1. The Bertz CT molecular complexity index is 1050. The zero-order chi connectivity index (χ0) is 19.6. The summed E-state index contributed by atoms with van der Waals surface area (Å²) in [5.41, 5.74) is 0.494. The number of para-hydroxylation sites is 1. The van der Waals surface area contributed by atoms with Gasteiger partial charge in [-0.1, -0.05) is 12.1 Å². The lowest BCUT2D eigenvalue weighted by Crippen LogP contribution is -2.27. The van der Waals surface area contributed by atoms with Crippen molar-refractivity contribution in [1.29, 1.82) is 0 Å². The largest absolute Gasteiger partial charge is 0.493 e. The summed E-state index contributed by atoms with van der Waals surface area (Å²) < 4.78 is 17.1. The number of aromatic nitrogens is 2. The van der Waals surface area contributed by atoms with E-state index >= 15 is 0 Å². The molecule has 0 amide bonds. The maximum absolute atomic E-state index is 12.9. The maximum Gasteiger partial charge on any atom is 0.323 e. The molecule has 0 fully saturated rings. The van der Waals surface area contributed by atoms with Gasteiger partial charge in [0.2, 0.25) is 5.75 Å². The quantitative estimate of drug-likeness (QED) is 0.710. The number of carbonyl (C=O) groups is 1. The average Bonchev–Trinajstić information content (AvgIpc) is 2.68. The fraction of sp³-hybridized carbons (Fsp3) is 0.211. The second-order valence-corrected chi connectivity index (χ2v) is 5.65. The molecule has 8 heteroatoms. The summed E-state index contributed by atoms with van der Waals surface area (Å²) in [5.74, 6) is 0.173. The van der Waals surface area contributed by atoms with Crippen LogP contribution >= 0.6 is 0 Å². The number of methoxy groups -OCH3 is 3. The Hall–Kier alpha value is -3.55. The first-order valence-corrected chi connectivity index (χ1v) is 8.02. The summed E-state index contributed by atoms with van der Waals surface area (Å²) in [6, 6.07) is 10.0. The predicted octanol–water partition coefficient (Wildman–Crippen LogP) is 2.17. The van der Waals surface area contributed by atoms with E-state index in [1.54, 1.807) is 36.4 Å². The number of ether oxygens (including phenoxy) is 3. The minimum atomic E-state index is -1.15. The highest BCUT2D eigenvalue weighted by Gasteiger charge is 2.19. The second kappa shape index (κ2) is 7.36. The van der Waals surface area contributed by atoms with Gasteiger partial charge in [0, 0.05) is 5.56 Å². The Morgan fingerprint density at radius 2 is 1.70 bits per heavy atom. The highest BCUT2D eigenvalue weighted by Crippen LogP contribution is 2.40. The molecule has 3 aromatic rings. The zero-order valence-electron chi connectivity index (χ0n) is 15.1. The van der Waals surface area contributed by atoms with Crippen LogP contribution in [0.1, 0.15) is 0 Å². The molecule has 0 spiro atoms. The third kappa shape index (κ3) is 3.29. The summed E-state index contributed by atoms with van der Waals surface area (Å²) in [5, 5.41) is 9.60. The lowest BCUT2D eigenvalue weighted by molar-refractivity contribution is -0.137. The molecular formula is C19H18N2O6. The fourth-order valence-electron chi connectivity index (χ4n) is 2.88. The van der Waals surface area contributed by atoms with E-state index in [0.29, 0.717) is 33.7 Å². The lowest BCUT2D eigenvalue weighted by Gasteiger charge is -2.16. The van der Waals surface area contributed by atoms with E-state index < -0.39 is 18.1 Å². The van der Waals surface area contributed by atoms with Crippen molar-refractivity contribution in [3.8, 4) is 28.6 Å². The molecule has 0 aliphatic rings. The molecule has 8 nitrogen and oxygen atoms in total. The first-order valence-electron chi connectivity index (χ1n) is 8.02. The van der Waals surface area contributed by atoms with Gasteiger partial charge in [-0.15, -0.1) is 0 Å². The predicted molar refractivity (Wildman–Crippen MR) is 98.7 cm³/mol. The minimum Gasteiger partial charge on any atom is -0.493 e. The van der Waals surface area contributed by atoms with Crippen LogP contribution in [0.2, 0.25) is 0 Å². The van der Waals surface area contributed by atoms with Crippen LogP contribution in [0.5, 0.6) is 17.2 Å². The Morgan fingerprint density at radius 3 is 2.26 bits per heavy atom. The Morgan fingerprint density at radius 1 is 1.07 bits per heavy atom. The summed E-state index contributed by atoms with van der Waals surface area (Å²) in [7, 11) is 4.42. The smallest absolute Gasteiger partial charge is 0.323 e. The third-order valence-electron chi connectivity index (χ3n) is 4.08. The van der Waals surface area contributed by atoms with Crippen LogP contribution in [0, 0.1) is 0 Å². The van der Waals surface area contributed by atoms with Gasteiger partial charge in [-0.25, -0.2) is 4.98 Å². The van der Waals surface area contributed by atoms with Crippen molar-refractivity contribution in [3.05, 3.63) is 46.8 Å². The Labute approximate surface area is 154 Å². The van der Waals surface area contributed by atoms with E-state index in [9.17, 15) is 14.7 Å². The van der Waals surface area contributed by atoms with E-state index in [-0.39, 0.29) is 5.82 Å². The minimum absolute atomic E-state index is 0.195. The first-order chi connectivity index (χ1) is 13.0. The zero-order valence-corrected chi connectivity index (χ0v) is 15.1. The molecule has 3 rings (SSSR count). The van der Waals surface area contributed by atoms with Crippen LogP contribution in [0.4, 0.5) is 0 Å². The molecule has 0 unspecified atom stereocenters. The third-order valence-corrected chi connectivity index (χ3v) is 4.08. The molecular weight excluding hydrogens is 352 g/mol. The number of aliphatic carboxylic acids is 1. The number of nitrogens with zero attached hydrogens (tertiary/aromatic N) is 2. The van der Waals surface area contributed by atoms with Gasteiger partial charge in [-0.3, -0.25) is 14.2 Å². The molecule has 1 aromatic heterocycles. The van der Waals surface area contributed by atoms with Crippen molar-refractivity contribution >= 4 is 16.9 Å². The molecule has 140 valence electrons. The number of benzene rings is 2. The molecule has 0 aliphatic carbocycles. The normalized spacial score (nSPS) is 10.6. The van der Waals surface area contributed by atoms with Gasteiger partial charge in [0.15, 0.2) is 11.5 Å². The molecule has 0 bridgehead atoms. The monoisotopic (exact) mass is 370 g/mol. The van der Waals surface area contributed by atoms with E-state index in [1.807, 2.05) is 0 Å². The number of fused-ring (bicyclic) bond motifs is 1. The van der Waals surface area contributed by atoms with Crippen LogP contribution < -0.4 is 19.8 Å². The van der Waals surface area contributed by atoms with Crippen LogP contribution in [0.15, 0.2) is 41.2 Å². The van der Waals surface area contributed by atoms with Gasteiger partial charge in [0.1, 0.15) is 12.4 Å². The lowest BCUT2D eigenvalue weighted by atomic mass is 10.1. The van der Waals surface area contributed by atoms with Crippen LogP contribution in [0.25, 0.3) is 22.3 Å². The number of hydrogen-bond acceptors (Lipinski definition) is 6. The molecule has 27 heavy (non-hydrogen) atoms. The SMILES string of the molecule is COc1cc(-c2nc3ccccc3c(=O)n2CC(=O)O)cc(OC)c1OC. The van der Waals surface area contributed by atoms with E-state index in [1.165, 1.54) is 21.3 Å². The fourth-order valence-corrected chi connectivity index (χ4v) is 2.88. The topological polar surface area (TPSA) is 99.9 Å².